The van der Waals surface area contributed by atoms with Crippen LogP contribution in [0.3, 0.4) is 0 Å². The molecule has 0 spiro atoms. The van der Waals surface area contributed by atoms with E-state index in [-0.39, 0.29) is 0 Å². The highest BCUT2D eigenvalue weighted by Gasteiger charge is 2.25. The van der Waals surface area contributed by atoms with Gasteiger partial charge in [0.15, 0.2) is 0 Å². The number of alkyl halides is 1. The van der Waals surface area contributed by atoms with Gasteiger partial charge >= 0.3 is 6.09 Å². The summed E-state index contributed by atoms with van der Waals surface area (Å²) in [5.41, 5.74) is 2.52. The molecule has 0 saturated heterocycles. The van der Waals surface area contributed by atoms with E-state index in [1.807, 2.05) is 58.0 Å². The smallest absolute Gasteiger partial charge is 0.416 e. The number of rotatable bonds is 5. The van der Waals surface area contributed by atoms with Crippen LogP contribution in [0.15, 0.2) is 36.5 Å². The van der Waals surface area contributed by atoms with E-state index in [0.29, 0.717) is 17.7 Å². The third kappa shape index (κ3) is 5.46. The van der Waals surface area contributed by atoms with E-state index in [9.17, 15) is 4.79 Å². The van der Waals surface area contributed by atoms with Crippen LogP contribution in [0, 0.1) is 6.92 Å². The first-order valence-corrected chi connectivity index (χ1v) is 9.50. The Balaban J connectivity index is 2.36. The molecule has 0 radical (unpaired) electrons. The normalized spacial score (nSPS) is 11.2. The SMILES string of the molecule is COc1ccc(CN(C(=O)OC(C)(C)C)c2cc(CBr)c(C)cn2)cc1. The fourth-order valence-electron chi connectivity index (χ4n) is 2.31. The monoisotopic (exact) mass is 420 g/mol. The van der Waals surface area contributed by atoms with Gasteiger partial charge in [-0.05, 0) is 62.6 Å². The summed E-state index contributed by atoms with van der Waals surface area (Å²) in [6, 6.07) is 9.51. The second-order valence-corrected chi connectivity index (χ2v) is 7.58. The highest BCUT2D eigenvalue weighted by atomic mass is 79.9. The number of aromatic nitrogens is 1. The zero-order chi connectivity index (χ0) is 19.3. The molecule has 0 aliphatic heterocycles. The molecule has 0 unspecified atom stereocenters. The largest absolute Gasteiger partial charge is 0.497 e. The molecule has 5 nitrogen and oxygen atoms in total. The van der Waals surface area contributed by atoms with Crippen LogP contribution in [0.2, 0.25) is 0 Å². The second-order valence-electron chi connectivity index (χ2n) is 7.02. The molecule has 0 saturated carbocycles. The van der Waals surface area contributed by atoms with Crippen LogP contribution in [-0.4, -0.2) is 23.8 Å². The van der Waals surface area contributed by atoms with Gasteiger partial charge in [0.2, 0.25) is 0 Å². The Labute approximate surface area is 163 Å². The van der Waals surface area contributed by atoms with Gasteiger partial charge < -0.3 is 9.47 Å². The minimum atomic E-state index is -0.585. The van der Waals surface area contributed by atoms with Crippen molar-refractivity contribution in [3.8, 4) is 5.75 Å². The van der Waals surface area contributed by atoms with Crippen LogP contribution in [0.1, 0.15) is 37.5 Å². The number of hydrogen-bond acceptors (Lipinski definition) is 4. The quantitative estimate of drug-likeness (QED) is 0.620. The van der Waals surface area contributed by atoms with E-state index in [4.69, 9.17) is 9.47 Å². The lowest BCUT2D eigenvalue weighted by molar-refractivity contribution is 0.0576. The molecule has 0 N–H and O–H groups in total. The molecule has 0 fully saturated rings. The number of halogens is 1. The maximum absolute atomic E-state index is 12.8. The van der Waals surface area contributed by atoms with Crippen molar-refractivity contribution in [3.63, 3.8) is 0 Å². The molecule has 1 aromatic carbocycles. The van der Waals surface area contributed by atoms with E-state index in [0.717, 1.165) is 22.4 Å². The van der Waals surface area contributed by atoms with Crippen molar-refractivity contribution in [2.45, 2.75) is 45.2 Å². The van der Waals surface area contributed by atoms with Gasteiger partial charge in [0.1, 0.15) is 17.2 Å². The number of ether oxygens (including phenoxy) is 2. The predicted octanol–water partition coefficient (Wildman–Crippen LogP) is 5.24. The molecule has 0 bridgehead atoms. The summed E-state index contributed by atoms with van der Waals surface area (Å²) in [6.07, 6.45) is 1.35. The van der Waals surface area contributed by atoms with Crippen molar-refractivity contribution >= 4 is 27.8 Å². The molecule has 0 aliphatic rings. The van der Waals surface area contributed by atoms with Crippen molar-refractivity contribution in [1.82, 2.24) is 4.98 Å². The summed E-state index contributed by atoms with van der Waals surface area (Å²) < 4.78 is 10.8. The first kappa shape index (κ1) is 20.2. The second kappa shape index (κ2) is 8.54. The van der Waals surface area contributed by atoms with Crippen molar-refractivity contribution in [2.75, 3.05) is 12.0 Å². The number of anilines is 1. The summed E-state index contributed by atoms with van der Waals surface area (Å²) in [7, 11) is 1.63. The van der Waals surface area contributed by atoms with Crippen molar-refractivity contribution < 1.29 is 14.3 Å². The zero-order valence-electron chi connectivity index (χ0n) is 15.9. The maximum atomic E-state index is 12.8. The number of methoxy groups -OCH3 is 1. The van der Waals surface area contributed by atoms with Crippen LogP contribution in [0.4, 0.5) is 10.6 Å². The van der Waals surface area contributed by atoms with Crippen molar-refractivity contribution in [2.24, 2.45) is 0 Å². The number of aryl methyl sites for hydroxylation is 1. The van der Waals surface area contributed by atoms with Crippen molar-refractivity contribution in [3.05, 3.63) is 53.2 Å². The van der Waals surface area contributed by atoms with Crippen LogP contribution in [0.5, 0.6) is 5.75 Å². The molecule has 2 aromatic rings. The van der Waals surface area contributed by atoms with Crippen LogP contribution >= 0.6 is 15.9 Å². The first-order valence-electron chi connectivity index (χ1n) is 8.38. The fourth-order valence-corrected chi connectivity index (χ4v) is 2.92. The van der Waals surface area contributed by atoms with E-state index >= 15 is 0 Å². The third-order valence-electron chi connectivity index (χ3n) is 3.73. The molecule has 2 rings (SSSR count). The van der Waals surface area contributed by atoms with Crippen LogP contribution in [-0.2, 0) is 16.6 Å². The zero-order valence-corrected chi connectivity index (χ0v) is 17.5. The molecular formula is C20H25BrN2O3. The van der Waals surface area contributed by atoms with Gasteiger partial charge in [-0.2, -0.15) is 0 Å². The van der Waals surface area contributed by atoms with Gasteiger partial charge in [-0.1, -0.05) is 28.1 Å². The van der Waals surface area contributed by atoms with Crippen LogP contribution < -0.4 is 9.64 Å². The van der Waals surface area contributed by atoms with Gasteiger partial charge in [0.25, 0.3) is 0 Å². The predicted molar refractivity (Wildman–Crippen MR) is 107 cm³/mol. The number of nitrogens with zero attached hydrogens (tertiary/aromatic N) is 2. The minimum absolute atomic E-state index is 0.358. The first-order chi connectivity index (χ1) is 12.2. The maximum Gasteiger partial charge on any atom is 0.416 e. The summed E-state index contributed by atoms with van der Waals surface area (Å²) in [5, 5.41) is 0.693. The average molecular weight is 421 g/mol. The van der Waals surface area contributed by atoms with E-state index in [1.54, 1.807) is 18.2 Å². The standard InChI is InChI=1S/C20H25BrN2O3/c1-14-12-22-18(10-16(14)11-21)23(19(24)26-20(2,3)4)13-15-6-8-17(25-5)9-7-15/h6-10,12H,11,13H2,1-5H3. The Bertz CT molecular complexity index is 755. The van der Waals surface area contributed by atoms with Gasteiger partial charge in [0.05, 0.1) is 13.7 Å². The van der Waals surface area contributed by atoms with Gasteiger partial charge in [0, 0.05) is 11.5 Å². The molecule has 6 heteroatoms. The van der Waals surface area contributed by atoms with E-state index in [2.05, 4.69) is 20.9 Å². The molecule has 140 valence electrons. The number of amides is 1. The molecular weight excluding hydrogens is 396 g/mol. The Morgan fingerprint density at radius 3 is 2.42 bits per heavy atom. The highest BCUT2D eigenvalue weighted by molar-refractivity contribution is 9.08. The summed E-state index contributed by atoms with van der Waals surface area (Å²) in [6.45, 7) is 7.90. The summed E-state index contributed by atoms with van der Waals surface area (Å²) in [4.78, 5) is 18.8. The van der Waals surface area contributed by atoms with Gasteiger partial charge in [-0.15, -0.1) is 0 Å². The number of benzene rings is 1. The summed E-state index contributed by atoms with van der Waals surface area (Å²) in [5.74, 6) is 1.34. The van der Waals surface area contributed by atoms with Gasteiger partial charge in [-0.25, -0.2) is 9.78 Å². The molecule has 26 heavy (non-hydrogen) atoms. The Morgan fingerprint density at radius 2 is 1.88 bits per heavy atom. The number of carbonyl (C=O) groups is 1. The van der Waals surface area contributed by atoms with E-state index in [1.165, 1.54) is 0 Å². The van der Waals surface area contributed by atoms with E-state index < -0.39 is 11.7 Å². The molecule has 0 aliphatic carbocycles. The number of hydrogen-bond donors (Lipinski definition) is 0. The molecule has 1 aromatic heterocycles. The summed E-state index contributed by atoms with van der Waals surface area (Å²) >= 11 is 3.48. The Hall–Kier alpha value is -2.08. The minimum Gasteiger partial charge on any atom is -0.497 e. The lowest BCUT2D eigenvalue weighted by atomic mass is 10.1. The number of carbonyl (C=O) groups excluding carboxylic acids is 1. The topological polar surface area (TPSA) is 51.7 Å². The Morgan fingerprint density at radius 1 is 1.23 bits per heavy atom. The lowest BCUT2D eigenvalue weighted by Crippen LogP contribution is -2.37. The van der Waals surface area contributed by atoms with Crippen molar-refractivity contribution in [1.29, 1.82) is 0 Å². The van der Waals surface area contributed by atoms with Gasteiger partial charge in [-0.3, -0.25) is 4.90 Å². The third-order valence-corrected chi connectivity index (χ3v) is 4.34. The molecule has 1 amide bonds. The lowest BCUT2D eigenvalue weighted by Gasteiger charge is -2.27. The number of pyridine rings is 1. The molecule has 1 heterocycles. The Kier molecular flexibility index (Phi) is 6.64. The fraction of sp³-hybridized carbons (Fsp3) is 0.400. The highest BCUT2D eigenvalue weighted by Crippen LogP contribution is 2.23. The average Bonchev–Trinajstić information content (AvgIpc) is 2.59. The van der Waals surface area contributed by atoms with Crippen LogP contribution in [0.25, 0.3) is 0 Å². The molecule has 0 atom stereocenters.